The summed E-state index contributed by atoms with van der Waals surface area (Å²) >= 11 is 0. The summed E-state index contributed by atoms with van der Waals surface area (Å²) in [6.45, 7) is 6.81. The number of benzene rings is 1. The lowest BCUT2D eigenvalue weighted by atomic mass is 10.0. The zero-order valence-corrected chi connectivity index (χ0v) is 12.0. The largest absolute Gasteiger partial charge is 0.478 e. The third-order valence-corrected chi connectivity index (χ3v) is 3.29. The van der Waals surface area contributed by atoms with Crippen molar-refractivity contribution >= 4 is 5.97 Å². The molecule has 3 nitrogen and oxygen atoms in total. The fourth-order valence-corrected chi connectivity index (χ4v) is 2.15. The maximum absolute atomic E-state index is 14.0. The fourth-order valence-electron chi connectivity index (χ4n) is 2.15. The molecule has 0 amide bonds. The molecule has 1 rings (SSSR count). The van der Waals surface area contributed by atoms with Gasteiger partial charge in [0.2, 0.25) is 0 Å². The van der Waals surface area contributed by atoms with E-state index in [9.17, 15) is 9.18 Å². The number of nitrogens with zero attached hydrogens (tertiary/aromatic N) is 1. The second-order valence-corrected chi connectivity index (χ2v) is 5.48. The van der Waals surface area contributed by atoms with Crippen molar-refractivity contribution in [1.29, 1.82) is 0 Å². The lowest BCUT2D eigenvalue weighted by molar-refractivity contribution is 0.0691. The quantitative estimate of drug-likeness (QED) is 0.859. The standard InChI is InChI=1S/C15H22FNO2/c1-10(2)8-11(3)17(4)9-12-6-5-7-13(14(12)16)15(18)19/h5-7,10-11H,8-9H2,1-4H3,(H,18,19). The van der Waals surface area contributed by atoms with Gasteiger partial charge in [-0.1, -0.05) is 26.0 Å². The Balaban J connectivity index is 2.82. The maximum Gasteiger partial charge on any atom is 0.338 e. The number of halogens is 1. The molecule has 0 aliphatic heterocycles. The van der Waals surface area contributed by atoms with E-state index in [2.05, 4.69) is 20.8 Å². The molecule has 0 spiro atoms. The third kappa shape index (κ3) is 4.31. The van der Waals surface area contributed by atoms with Gasteiger partial charge in [0.15, 0.2) is 0 Å². The van der Waals surface area contributed by atoms with E-state index in [1.54, 1.807) is 12.1 Å². The predicted octanol–water partition coefficient (Wildman–Crippen LogP) is 3.39. The number of carboxylic acid groups (broad SMARTS) is 1. The van der Waals surface area contributed by atoms with Gasteiger partial charge in [0.25, 0.3) is 0 Å². The van der Waals surface area contributed by atoms with Crippen molar-refractivity contribution in [3.63, 3.8) is 0 Å². The Kier molecular flexibility index (Phi) is 5.48. The minimum absolute atomic E-state index is 0.262. The summed E-state index contributed by atoms with van der Waals surface area (Å²) in [6, 6.07) is 4.84. The van der Waals surface area contributed by atoms with Gasteiger partial charge in [-0.25, -0.2) is 9.18 Å². The Labute approximate surface area is 114 Å². The molecule has 106 valence electrons. The molecule has 1 atom stereocenters. The Hall–Kier alpha value is -1.42. The summed E-state index contributed by atoms with van der Waals surface area (Å²) in [4.78, 5) is 12.9. The van der Waals surface area contributed by atoms with E-state index < -0.39 is 11.8 Å². The monoisotopic (exact) mass is 267 g/mol. The topological polar surface area (TPSA) is 40.5 Å². The van der Waals surface area contributed by atoms with E-state index in [1.807, 2.05) is 11.9 Å². The molecule has 0 aliphatic rings. The minimum atomic E-state index is -1.22. The molecule has 0 bridgehead atoms. The van der Waals surface area contributed by atoms with Crippen molar-refractivity contribution < 1.29 is 14.3 Å². The van der Waals surface area contributed by atoms with Crippen molar-refractivity contribution in [1.82, 2.24) is 4.90 Å². The van der Waals surface area contributed by atoms with Gasteiger partial charge < -0.3 is 5.11 Å². The number of rotatable bonds is 6. The molecule has 0 radical (unpaired) electrons. The summed E-state index contributed by atoms with van der Waals surface area (Å²) in [5.41, 5.74) is 0.167. The first-order valence-corrected chi connectivity index (χ1v) is 6.53. The zero-order valence-electron chi connectivity index (χ0n) is 12.0. The molecule has 1 N–H and O–H groups in total. The molecule has 0 aliphatic carbocycles. The molecule has 0 aromatic heterocycles. The van der Waals surface area contributed by atoms with Crippen LogP contribution < -0.4 is 0 Å². The molecule has 0 saturated heterocycles. The minimum Gasteiger partial charge on any atom is -0.478 e. The lowest BCUT2D eigenvalue weighted by Gasteiger charge is -2.26. The highest BCUT2D eigenvalue weighted by Crippen LogP contribution is 2.17. The molecule has 0 fully saturated rings. The summed E-state index contributed by atoms with van der Waals surface area (Å²) in [6.07, 6.45) is 1.02. The van der Waals surface area contributed by atoms with Gasteiger partial charge in [-0.05, 0) is 32.4 Å². The van der Waals surface area contributed by atoms with Crippen LogP contribution in [0.15, 0.2) is 18.2 Å². The normalized spacial score (nSPS) is 13.0. The van der Waals surface area contributed by atoms with Crippen LogP contribution in [-0.4, -0.2) is 29.1 Å². The summed E-state index contributed by atoms with van der Waals surface area (Å²) in [5.74, 6) is -1.27. The van der Waals surface area contributed by atoms with Crippen LogP contribution in [0.4, 0.5) is 4.39 Å². The molecule has 0 heterocycles. The van der Waals surface area contributed by atoms with Gasteiger partial charge in [0.1, 0.15) is 5.82 Å². The fraction of sp³-hybridized carbons (Fsp3) is 0.533. The van der Waals surface area contributed by atoms with Gasteiger partial charge >= 0.3 is 5.97 Å². The van der Waals surface area contributed by atoms with Crippen molar-refractivity contribution in [3.8, 4) is 0 Å². The summed E-state index contributed by atoms with van der Waals surface area (Å²) in [5, 5.41) is 8.90. The van der Waals surface area contributed by atoms with Gasteiger partial charge in [-0.2, -0.15) is 0 Å². The molecular weight excluding hydrogens is 245 g/mol. The second kappa shape index (κ2) is 6.66. The number of hydrogen-bond acceptors (Lipinski definition) is 2. The van der Waals surface area contributed by atoms with Crippen LogP contribution in [0.3, 0.4) is 0 Å². The first-order valence-electron chi connectivity index (χ1n) is 6.53. The number of aromatic carboxylic acids is 1. The highest BCUT2D eigenvalue weighted by Gasteiger charge is 2.17. The van der Waals surface area contributed by atoms with E-state index in [4.69, 9.17) is 5.11 Å². The molecule has 19 heavy (non-hydrogen) atoms. The SMILES string of the molecule is CC(C)CC(C)N(C)Cc1cccc(C(=O)O)c1F. The lowest BCUT2D eigenvalue weighted by Crippen LogP contribution is -2.30. The number of hydrogen-bond donors (Lipinski definition) is 1. The number of carbonyl (C=O) groups is 1. The first-order chi connectivity index (χ1) is 8.82. The maximum atomic E-state index is 14.0. The van der Waals surface area contributed by atoms with Gasteiger partial charge in [0.05, 0.1) is 5.56 Å². The van der Waals surface area contributed by atoms with Crippen LogP contribution in [0.5, 0.6) is 0 Å². The molecule has 1 aromatic rings. The highest BCUT2D eigenvalue weighted by molar-refractivity contribution is 5.88. The molecule has 4 heteroatoms. The number of carboxylic acids is 1. The third-order valence-electron chi connectivity index (χ3n) is 3.29. The highest BCUT2D eigenvalue weighted by atomic mass is 19.1. The van der Waals surface area contributed by atoms with E-state index in [1.165, 1.54) is 6.07 Å². The first kappa shape index (κ1) is 15.6. The van der Waals surface area contributed by atoms with Crippen LogP contribution in [-0.2, 0) is 6.54 Å². The molecule has 1 aromatic carbocycles. The van der Waals surface area contributed by atoms with Gasteiger partial charge in [-0.3, -0.25) is 4.90 Å². The van der Waals surface area contributed by atoms with Gasteiger partial charge in [-0.15, -0.1) is 0 Å². The van der Waals surface area contributed by atoms with Gasteiger partial charge in [0, 0.05) is 18.2 Å². The Morgan fingerprint density at radius 2 is 2.00 bits per heavy atom. The van der Waals surface area contributed by atoms with Crippen LogP contribution >= 0.6 is 0 Å². The Morgan fingerprint density at radius 3 is 2.53 bits per heavy atom. The Bertz CT molecular complexity index is 446. The molecular formula is C15H22FNO2. The van der Waals surface area contributed by atoms with Crippen molar-refractivity contribution in [2.45, 2.75) is 39.8 Å². The Morgan fingerprint density at radius 1 is 1.37 bits per heavy atom. The average Bonchev–Trinajstić information content (AvgIpc) is 2.30. The zero-order chi connectivity index (χ0) is 14.6. The predicted molar refractivity (Wildman–Crippen MR) is 73.7 cm³/mol. The van der Waals surface area contributed by atoms with E-state index in [0.29, 0.717) is 24.1 Å². The molecule has 0 saturated carbocycles. The van der Waals surface area contributed by atoms with Crippen molar-refractivity contribution in [2.24, 2.45) is 5.92 Å². The summed E-state index contributed by atoms with van der Waals surface area (Å²) in [7, 11) is 1.93. The van der Waals surface area contributed by atoms with Crippen LogP contribution in [0, 0.1) is 11.7 Å². The summed E-state index contributed by atoms with van der Waals surface area (Å²) < 4.78 is 14.0. The van der Waals surface area contributed by atoms with E-state index in [-0.39, 0.29) is 5.56 Å². The molecule has 1 unspecified atom stereocenters. The van der Waals surface area contributed by atoms with Crippen molar-refractivity contribution in [3.05, 3.63) is 35.1 Å². The second-order valence-electron chi connectivity index (χ2n) is 5.48. The van der Waals surface area contributed by atoms with Crippen LogP contribution in [0.1, 0.15) is 43.1 Å². The average molecular weight is 267 g/mol. The van der Waals surface area contributed by atoms with Crippen LogP contribution in [0.25, 0.3) is 0 Å². The van der Waals surface area contributed by atoms with Crippen LogP contribution in [0.2, 0.25) is 0 Å². The van der Waals surface area contributed by atoms with E-state index in [0.717, 1.165) is 6.42 Å². The van der Waals surface area contributed by atoms with E-state index >= 15 is 0 Å². The van der Waals surface area contributed by atoms with Crippen molar-refractivity contribution in [2.75, 3.05) is 7.05 Å². The smallest absolute Gasteiger partial charge is 0.338 e.